The molecule has 7 heteroatoms. The Hall–Kier alpha value is -2.18. The predicted molar refractivity (Wildman–Crippen MR) is 107 cm³/mol. The van der Waals surface area contributed by atoms with Gasteiger partial charge >= 0.3 is 6.18 Å². The van der Waals surface area contributed by atoms with Crippen LogP contribution in [0.3, 0.4) is 0 Å². The molecule has 0 bridgehead atoms. The molecule has 0 aliphatic heterocycles. The van der Waals surface area contributed by atoms with Crippen LogP contribution in [0.1, 0.15) is 29.5 Å². The van der Waals surface area contributed by atoms with Crippen molar-refractivity contribution in [1.29, 1.82) is 0 Å². The molecular formula is C21H22ClF3N2O. The van der Waals surface area contributed by atoms with Crippen LogP contribution in [-0.2, 0) is 12.6 Å². The van der Waals surface area contributed by atoms with Crippen molar-refractivity contribution in [2.24, 2.45) is 5.73 Å². The third kappa shape index (κ3) is 3.98. The number of halogens is 4. The highest BCUT2D eigenvalue weighted by molar-refractivity contribution is 6.33. The van der Waals surface area contributed by atoms with E-state index in [4.69, 9.17) is 22.1 Å². The number of aromatic amines is 1. The fourth-order valence-electron chi connectivity index (χ4n) is 3.44. The van der Waals surface area contributed by atoms with Crippen molar-refractivity contribution in [1.82, 2.24) is 4.98 Å². The Morgan fingerprint density at radius 3 is 2.54 bits per heavy atom. The average molecular weight is 411 g/mol. The second kappa shape index (κ2) is 8.05. The van der Waals surface area contributed by atoms with Crippen molar-refractivity contribution in [3.8, 4) is 17.0 Å². The molecule has 0 aliphatic rings. The van der Waals surface area contributed by atoms with Gasteiger partial charge in [-0.25, -0.2) is 0 Å². The SMILES string of the molecule is COc1cc(C)c2[nH]c(-c3cc(C(F)(F)F)ccc3Cl)c(CCCCN)c2c1. The summed E-state index contributed by atoms with van der Waals surface area (Å²) < 4.78 is 45.1. The predicted octanol–water partition coefficient (Wildman–Crippen LogP) is 6.11. The minimum Gasteiger partial charge on any atom is -0.497 e. The molecule has 1 aromatic heterocycles. The fourth-order valence-corrected chi connectivity index (χ4v) is 3.65. The number of hydrogen-bond donors (Lipinski definition) is 2. The van der Waals surface area contributed by atoms with Crippen molar-refractivity contribution in [3.05, 3.63) is 52.0 Å². The molecule has 0 saturated carbocycles. The normalized spacial score (nSPS) is 12.0. The van der Waals surface area contributed by atoms with Crippen molar-refractivity contribution in [3.63, 3.8) is 0 Å². The Labute approximate surface area is 166 Å². The van der Waals surface area contributed by atoms with Gasteiger partial charge in [0, 0.05) is 21.5 Å². The van der Waals surface area contributed by atoms with E-state index >= 15 is 0 Å². The summed E-state index contributed by atoms with van der Waals surface area (Å²) in [6, 6.07) is 7.19. The van der Waals surface area contributed by atoms with Crippen LogP contribution in [0, 0.1) is 6.92 Å². The van der Waals surface area contributed by atoms with E-state index in [-0.39, 0.29) is 5.02 Å². The molecule has 0 fully saturated rings. The maximum atomic E-state index is 13.2. The summed E-state index contributed by atoms with van der Waals surface area (Å²) >= 11 is 6.31. The van der Waals surface area contributed by atoms with Crippen LogP contribution < -0.4 is 10.5 Å². The van der Waals surface area contributed by atoms with Crippen LogP contribution in [-0.4, -0.2) is 18.6 Å². The molecule has 0 atom stereocenters. The number of rotatable bonds is 6. The van der Waals surface area contributed by atoms with Gasteiger partial charge in [0.1, 0.15) is 5.75 Å². The molecule has 0 radical (unpaired) electrons. The van der Waals surface area contributed by atoms with Crippen molar-refractivity contribution in [2.75, 3.05) is 13.7 Å². The quantitative estimate of drug-likeness (QED) is 0.482. The van der Waals surface area contributed by atoms with Gasteiger partial charge in [-0.1, -0.05) is 11.6 Å². The zero-order chi connectivity index (χ0) is 20.5. The van der Waals surface area contributed by atoms with E-state index < -0.39 is 11.7 Å². The molecule has 0 aliphatic carbocycles. The molecule has 3 aromatic rings. The van der Waals surface area contributed by atoms with Crippen molar-refractivity contribution in [2.45, 2.75) is 32.4 Å². The number of aromatic nitrogens is 1. The number of aryl methyl sites for hydroxylation is 2. The first-order chi connectivity index (χ1) is 13.3. The summed E-state index contributed by atoms with van der Waals surface area (Å²) in [4.78, 5) is 3.31. The molecule has 2 aromatic carbocycles. The second-order valence-corrected chi connectivity index (χ2v) is 7.19. The number of unbranched alkanes of at least 4 members (excludes halogenated alkanes) is 1. The van der Waals surface area contributed by atoms with Gasteiger partial charge in [0.15, 0.2) is 0 Å². The summed E-state index contributed by atoms with van der Waals surface area (Å²) in [6.07, 6.45) is -2.12. The molecule has 28 heavy (non-hydrogen) atoms. The number of ether oxygens (including phenoxy) is 1. The molecule has 3 nitrogen and oxygen atoms in total. The fraction of sp³-hybridized carbons (Fsp3) is 0.333. The van der Waals surface area contributed by atoms with E-state index in [0.29, 0.717) is 30.0 Å². The summed E-state index contributed by atoms with van der Waals surface area (Å²) in [5.41, 5.74) is 8.58. The Morgan fingerprint density at radius 2 is 1.89 bits per heavy atom. The van der Waals surface area contributed by atoms with E-state index in [1.807, 2.05) is 19.1 Å². The second-order valence-electron chi connectivity index (χ2n) is 6.78. The summed E-state index contributed by atoms with van der Waals surface area (Å²) in [5, 5.41) is 1.20. The van der Waals surface area contributed by atoms with Gasteiger partial charge in [-0.2, -0.15) is 13.2 Å². The lowest BCUT2D eigenvalue weighted by Gasteiger charge is -2.11. The third-order valence-electron chi connectivity index (χ3n) is 4.87. The van der Waals surface area contributed by atoms with Gasteiger partial charge in [0.2, 0.25) is 0 Å². The third-order valence-corrected chi connectivity index (χ3v) is 5.20. The van der Waals surface area contributed by atoms with Gasteiger partial charge in [0.25, 0.3) is 0 Å². The number of methoxy groups -OCH3 is 1. The zero-order valence-corrected chi connectivity index (χ0v) is 16.5. The molecule has 0 amide bonds. The maximum absolute atomic E-state index is 13.2. The Kier molecular flexibility index (Phi) is 5.91. The van der Waals surface area contributed by atoms with Crippen LogP contribution in [0.2, 0.25) is 5.02 Å². The number of nitrogens with two attached hydrogens (primary N) is 1. The summed E-state index contributed by atoms with van der Waals surface area (Å²) in [6.45, 7) is 2.49. The topological polar surface area (TPSA) is 51.0 Å². The maximum Gasteiger partial charge on any atom is 0.416 e. The molecule has 1 heterocycles. The van der Waals surface area contributed by atoms with E-state index in [9.17, 15) is 13.2 Å². The number of alkyl halides is 3. The number of nitrogens with one attached hydrogen (secondary N) is 1. The average Bonchev–Trinajstić information content (AvgIpc) is 3.00. The van der Waals surface area contributed by atoms with Gasteiger partial charge < -0.3 is 15.5 Å². The first kappa shape index (κ1) is 20.6. The standard InChI is InChI=1S/C21H22ClF3N2O/c1-12-9-14(28-2)11-16-15(5-3-4-8-26)20(27-19(12)16)17-10-13(21(23,24)25)6-7-18(17)22/h6-7,9-11,27H,3-5,8,26H2,1-2H3. The largest absolute Gasteiger partial charge is 0.497 e. The molecule has 3 rings (SSSR count). The van der Waals surface area contributed by atoms with E-state index in [1.165, 1.54) is 6.07 Å². The lowest BCUT2D eigenvalue weighted by atomic mass is 9.98. The number of H-pyrrole nitrogens is 1. The van der Waals surface area contributed by atoms with Crippen molar-refractivity contribution >= 4 is 22.5 Å². The molecule has 3 N–H and O–H groups in total. The highest BCUT2D eigenvalue weighted by Gasteiger charge is 2.31. The minimum absolute atomic E-state index is 0.268. The van der Waals surface area contributed by atoms with Gasteiger partial charge in [-0.15, -0.1) is 0 Å². The van der Waals surface area contributed by atoms with E-state index in [0.717, 1.165) is 47.0 Å². The number of fused-ring (bicyclic) bond motifs is 1. The minimum atomic E-state index is -4.44. The Balaban J connectivity index is 2.25. The summed E-state index contributed by atoms with van der Waals surface area (Å²) in [7, 11) is 1.59. The van der Waals surface area contributed by atoms with Gasteiger partial charge in [-0.3, -0.25) is 0 Å². The lowest BCUT2D eigenvalue weighted by Crippen LogP contribution is -2.05. The smallest absolute Gasteiger partial charge is 0.416 e. The van der Waals surface area contributed by atoms with Crippen LogP contribution in [0.4, 0.5) is 13.2 Å². The van der Waals surface area contributed by atoms with Gasteiger partial charge in [0.05, 0.1) is 18.4 Å². The number of benzene rings is 2. The highest BCUT2D eigenvalue weighted by Crippen LogP contribution is 2.40. The highest BCUT2D eigenvalue weighted by atomic mass is 35.5. The van der Waals surface area contributed by atoms with Crippen LogP contribution >= 0.6 is 11.6 Å². The number of hydrogen-bond acceptors (Lipinski definition) is 2. The van der Waals surface area contributed by atoms with Crippen LogP contribution in [0.5, 0.6) is 5.75 Å². The van der Waals surface area contributed by atoms with E-state index in [1.54, 1.807) is 7.11 Å². The first-order valence-electron chi connectivity index (χ1n) is 9.02. The zero-order valence-electron chi connectivity index (χ0n) is 15.7. The van der Waals surface area contributed by atoms with Crippen LogP contribution in [0.15, 0.2) is 30.3 Å². The molecule has 0 saturated heterocycles. The molecule has 150 valence electrons. The van der Waals surface area contributed by atoms with Gasteiger partial charge in [-0.05, 0) is 74.2 Å². The Bertz CT molecular complexity index is 995. The molecular weight excluding hydrogens is 389 g/mol. The van der Waals surface area contributed by atoms with E-state index in [2.05, 4.69) is 4.98 Å². The molecule has 0 spiro atoms. The lowest BCUT2D eigenvalue weighted by molar-refractivity contribution is -0.137. The Morgan fingerprint density at radius 1 is 1.14 bits per heavy atom. The molecule has 0 unspecified atom stereocenters. The monoisotopic (exact) mass is 410 g/mol. The summed E-state index contributed by atoms with van der Waals surface area (Å²) in [5.74, 6) is 0.700. The van der Waals surface area contributed by atoms with Crippen LogP contribution in [0.25, 0.3) is 22.2 Å². The van der Waals surface area contributed by atoms with Crippen molar-refractivity contribution < 1.29 is 17.9 Å². The first-order valence-corrected chi connectivity index (χ1v) is 9.40.